The number of carbonyl (C=O) groups excluding carboxylic acids is 1. The number of amides is 1. The molecule has 2 rings (SSSR count). The van der Waals surface area contributed by atoms with Crippen LogP contribution in [0, 0.1) is 11.3 Å². The molecule has 1 N–H and O–H groups in total. The molecule has 0 unspecified atom stereocenters. The van der Waals surface area contributed by atoms with Crippen LogP contribution in [0.1, 0.15) is 6.42 Å². The summed E-state index contributed by atoms with van der Waals surface area (Å²) in [6, 6.07) is 8.94. The minimum Gasteiger partial charge on any atom is -0.484 e. The second kappa shape index (κ2) is 6.89. The maximum atomic E-state index is 11.4. The Balaban J connectivity index is 1.89. The largest absolute Gasteiger partial charge is 0.484 e. The van der Waals surface area contributed by atoms with Crippen molar-refractivity contribution in [1.29, 1.82) is 5.26 Å². The summed E-state index contributed by atoms with van der Waals surface area (Å²) in [7, 11) is 0. The lowest BCUT2D eigenvalue weighted by Gasteiger charge is -2.07. The van der Waals surface area contributed by atoms with E-state index in [4.69, 9.17) is 14.4 Å². The van der Waals surface area contributed by atoms with Crippen molar-refractivity contribution in [1.82, 2.24) is 15.5 Å². The molecule has 20 heavy (non-hydrogen) atoms. The van der Waals surface area contributed by atoms with Crippen molar-refractivity contribution in [3.8, 4) is 23.3 Å². The quantitative estimate of drug-likeness (QED) is 0.791. The lowest BCUT2D eigenvalue weighted by molar-refractivity contribution is -0.123. The average Bonchev–Trinajstić information content (AvgIpc) is 3.00. The third-order valence-corrected chi connectivity index (χ3v) is 2.37. The van der Waals surface area contributed by atoms with Gasteiger partial charge in [0, 0.05) is 12.1 Å². The van der Waals surface area contributed by atoms with Gasteiger partial charge in [0.2, 0.25) is 12.3 Å². The van der Waals surface area contributed by atoms with Crippen LogP contribution >= 0.6 is 0 Å². The molecule has 0 fully saturated rings. The van der Waals surface area contributed by atoms with Crippen LogP contribution in [-0.2, 0) is 4.79 Å². The Morgan fingerprint density at radius 2 is 2.40 bits per heavy atom. The van der Waals surface area contributed by atoms with E-state index in [2.05, 4.69) is 15.5 Å². The van der Waals surface area contributed by atoms with E-state index >= 15 is 0 Å². The molecular weight excluding hydrogens is 260 g/mol. The lowest BCUT2D eigenvalue weighted by atomic mass is 10.2. The van der Waals surface area contributed by atoms with Crippen molar-refractivity contribution in [2.45, 2.75) is 6.42 Å². The Bertz CT molecular complexity index is 604. The fourth-order valence-electron chi connectivity index (χ4n) is 1.48. The molecule has 0 saturated heterocycles. The van der Waals surface area contributed by atoms with E-state index in [1.54, 1.807) is 24.3 Å². The Morgan fingerprint density at radius 3 is 3.15 bits per heavy atom. The second-order valence-electron chi connectivity index (χ2n) is 3.82. The minimum absolute atomic E-state index is 0.112. The molecule has 0 saturated carbocycles. The van der Waals surface area contributed by atoms with Crippen LogP contribution < -0.4 is 10.1 Å². The number of aromatic nitrogens is 2. The third-order valence-electron chi connectivity index (χ3n) is 2.37. The molecule has 7 nitrogen and oxygen atoms in total. The van der Waals surface area contributed by atoms with E-state index < -0.39 is 0 Å². The van der Waals surface area contributed by atoms with E-state index in [1.807, 2.05) is 6.07 Å². The predicted octanol–water partition coefficient (Wildman–Crippen LogP) is 1.15. The molecule has 0 radical (unpaired) electrons. The van der Waals surface area contributed by atoms with Crippen LogP contribution in [0.4, 0.5) is 0 Å². The molecule has 7 heteroatoms. The highest BCUT2D eigenvalue weighted by Crippen LogP contribution is 2.21. The van der Waals surface area contributed by atoms with Crippen LogP contribution in [0.25, 0.3) is 11.5 Å². The van der Waals surface area contributed by atoms with Crippen LogP contribution in [-0.4, -0.2) is 29.3 Å². The number of benzene rings is 1. The Hall–Kier alpha value is -2.88. The smallest absolute Gasteiger partial charge is 0.257 e. The molecule has 1 amide bonds. The first-order valence-corrected chi connectivity index (χ1v) is 5.92. The average molecular weight is 272 g/mol. The van der Waals surface area contributed by atoms with Gasteiger partial charge in [-0.1, -0.05) is 6.07 Å². The standard InChI is InChI=1S/C13H12N4O3/c14-5-2-6-15-12(18)8-19-11-4-1-3-10(7-11)13-17-16-9-20-13/h1,3-4,7,9H,2,6,8H2,(H,15,18). The van der Waals surface area contributed by atoms with Gasteiger partial charge < -0.3 is 14.5 Å². The number of hydrogen-bond donors (Lipinski definition) is 1. The van der Waals surface area contributed by atoms with Crippen LogP contribution in [0.2, 0.25) is 0 Å². The first-order chi connectivity index (χ1) is 9.79. The van der Waals surface area contributed by atoms with Gasteiger partial charge in [0.05, 0.1) is 12.5 Å². The van der Waals surface area contributed by atoms with E-state index in [0.29, 0.717) is 23.7 Å². The molecular formula is C13H12N4O3. The lowest BCUT2D eigenvalue weighted by Crippen LogP contribution is -2.29. The van der Waals surface area contributed by atoms with Gasteiger partial charge in [0.15, 0.2) is 6.61 Å². The molecule has 0 aliphatic heterocycles. The minimum atomic E-state index is -0.275. The highest BCUT2D eigenvalue weighted by molar-refractivity contribution is 5.77. The van der Waals surface area contributed by atoms with Gasteiger partial charge in [-0.15, -0.1) is 10.2 Å². The highest BCUT2D eigenvalue weighted by atomic mass is 16.5. The van der Waals surface area contributed by atoms with Crippen LogP contribution in [0.15, 0.2) is 35.1 Å². The summed E-state index contributed by atoms with van der Waals surface area (Å²) in [5.41, 5.74) is 0.713. The SMILES string of the molecule is N#CCCNC(=O)COc1cccc(-c2nnco2)c1. The molecule has 0 atom stereocenters. The summed E-state index contributed by atoms with van der Waals surface area (Å²) in [5, 5.41) is 18.3. The number of carbonyl (C=O) groups is 1. The van der Waals surface area contributed by atoms with E-state index in [9.17, 15) is 4.79 Å². The van der Waals surface area contributed by atoms with Crippen molar-refractivity contribution >= 4 is 5.91 Å². The molecule has 0 aliphatic rings. The van der Waals surface area contributed by atoms with Gasteiger partial charge >= 0.3 is 0 Å². The van der Waals surface area contributed by atoms with Crippen molar-refractivity contribution < 1.29 is 13.9 Å². The van der Waals surface area contributed by atoms with Crippen LogP contribution in [0.3, 0.4) is 0 Å². The van der Waals surface area contributed by atoms with Gasteiger partial charge in [0.1, 0.15) is 5.75 Å². The van der Waals surface area contributed by atoms with Gasteiger partial charge in [0.25, 0.3) is 5.91 Å². The van der Waals surface area contributed by atoms with Gasteiger partial charge in [-0.25, -0.2) is 0 Å². The molecule has 2 aromatic rings. The van der Waals surface area contributed by atoms with Crippen molar-refractivity contribution in [3.05, 3.63) is 30.7 Å². The number of hydrogen-bond acceptors (Lipinski definition) is 6. The van der Waals surface area contributed by atoms with Gasteiger partial charge in [-0.2, -0.15) is 5.26 Å². The Kier molecular flexibility index (Phi) is 4.67. The summed E-state index contributed by atoms with van der Waals surface area (Å²) in [6.07, 6.45) is 1.52. The maximum Gasteiger partial charge on any atom is 0.257 e. The topological polar surface area (TPSA) is 101 Å². The van der Waals surface area contributed by atoms with E-state index in [0.717, 1.165) is 0 Å². The van der Waals surface area contributed by atoms with Crippen molar-refractivity contribution in [3.63, 3.8) is 0 Å². The second-order valence-corrected chi connectivity index (χ2v) is 3.82. The zero-order valence-corrected chi connectivity index (χ0v) is 10.6. The summed E-state index contributed by atoms with van der Waals surface area (Å²) in [6.45, 7) is 0.208. The van der Waals surface area contributed by atoms with Crippen molar-refractivity contribution in [2.24, 2.45) is 0 Å². The summed E-state index contributed by atoms with van der Waals surface area (Å²) >= 11 is 0. The van der Waals surface area contributed by atoms with Gasteiger partial charge in [-0.3, -0.25) is 4.79 Å². The number of ether oxygens (including phenoxy) is 1. The molecule has 1 heterocycles. The molecule has 1 aromatic carbocycles. The van der Waals surface area contributed by atoms with E-state index in [1.165, 1.54) is 6.39 Å². The molecule has 0 aliphatic carbocycles. The Morgan fingerprint density at radius 1 is 1.50 bits per heavy atom. The van der Waals surface area contributed by atoms with Crippen molar-refractivity contribution in [2.75, 3.05) is 13.2 Å². The molecule has 0 spiro atoms. The number of nitrogens with one attached hydrogen (secondary N) is 1. The summed E-state index contributed by atoms with van der Waals surface area (Å²) in [5.74, 6) is 0.633. The number of rotatable bonds is 6. The third kappa shape index (κ3) is 3.81. The van der Waals surface area contributed by atoms with E-state index in [-0.39, 0.29) is 18.9 Å². The zero-order chi connectivity index (χ0) is 14.2. The monoisotopic (exact) mass is 272 g/mol. The predicted molar refractivity (Wildman–Crippen MR) is 68.5 cm³/mol. The molecule has 1 aromatic heterocycles. The van der Waals surface area contributed by atoms with Gasteiger partial charge in [-0.05, 0) is 18.2 Å². The molecule has 0 bridgehead atoms. The summed E-state index contributed by atoms with van der Waals surface area (Å²) in [4.78, 5) is 11.4. The zero-order valence-electron chi connectivity index (χ0n) is 10.6. The number of nitrogens with zero attached hydrogens (tertiary/aromatic N) is 3. The van der Waals surface area contributed by atoms with Crippen LogP contribution in [0.5, 0.6) is 5.75 Å². The summed E-state index contributed by atoms with van der Waals surface area (Å²) < 4.78 is 10.4. The molecule has 102 valence electrons. The number of nitriles is 1. The highest BCUT2D eigenvalue weighted by Gasteiger charge is 2.06. The Labute approximate surface area is 115 Å². The fraction of sp³-hybridized carbons (Fsp3) is 0.231. The normalized spacial score (nSPS) is 9.75. The maximum absolute atomic E-state index is 11.4. The fourth-order valence-corrected chi connectivity index (χ4v) is 1.48. The first kappa shape index (κ1) is 13.5. The first-order valence-electron chi connectivity index (χ1n) is 5.92.